The van der Waals surface area contributed by atoms with Crippen molar-refractivity contribution in [2.24, 2.45) is 13.0 Å². The Bertz CT molecular complexity index is 1340. The van der Waals surface area contributed by atoms with Crippen LogP contribution in [0, 0.1) is 5.92 Å². The van der Waals surface area contributed by atoms with Crippen LogP contribution >= 0.6 is 0 Å². The van der Waals surface area contributed by atoms with Crippen molar-refractivity contribution >= 4 is 22.7 Å². The van der Waals surface area contributed by atoms with Gasteiger partial charge in [0.1, 0.15) is 5.75 Å². The van der Waals surface area contributed by atoms with Crippen LogP contribution in [-0.2, 0) is 17.3 Å². The van der Waals surface area contributed by atoms with Gasteiger partial charge in [-0.25, -0.2) is 0 Å². The summed E-state index contributed by atoms with van der Waals surface area (Å²) in [6.07, 6.45) is 8.42. The number of rotatable bonds is 4. The van der Waals surface area contributed by atoms with E-state index in [1.165, 1.54) is 6.42 Å². The maximum atomic E-state index is 13.9. The second-order valence-electron chi connectivity index (χ2n) is 10.9. The zero-order valence-electron chi connectivity index (χ0n) is 21.5. The molecule has 0 unspecified atom stereocenters. The van der Waals surface area contributed by atoms with E-state index < -0.39 is 6.04 Å². The fourth-order valence-corrected chi connectivity index (χ4v) is 6.94. The second-order valence-corrected chi connectivity index (χ2v) is 10.9. The Hall–Kier alpha value is -3.39. The van der Waals surface area contributed by atoms with Crippen molar-refractivity contribution in [3.05, 3.63) is 59.5 Å². The van der Waals surface area contributed by atoms with Crippen molar-refractivity contribution < 1.29 is 19.4 Å². The Balaban J connectivity index is 1.44. The van der Waals surface area contributed by atoms with Crippen molar-refractivity contribution in [2.45, 2.75) is 43.6 Å². The van der Waals surface area contributed by atoms with E-state index in [-0.39, 0.29) is 29.8 Å². The predicted molar refractivity (Wildman–Crippen MR) is 139 cm³/mol. The molecule has 4 heterocycles. The highest BCUT2D eigenvalue weighted by atomic mass is 16.5. The number of likely N-dealkylation sites (tertiary alicyclic amines) is 1. The Morgan fingerprint density at radius 2 is 1.81 bits per heavy atom. The van der Waals surface area contributed by atoms with E-state index in [9.17, 15) is 14.7 Å². The number of aliphatic hydroxyl groups excluding tert-OH is 1. The summed E-state index contributed by atoms with van der Waals surface area (Å²) in [5.41, 5.74) is 3.36. The number of amides is 2. The van der Waals surface area contributed by atoms with Gasteiger partial charge in [0, 0.05) is 67.7 Å². The van der Waals surface area contributed by atoms with Crippen LogP contribution in [-0.4, -0.2) is 69.6 Å². The van der Waals surface area contributed by atoms with Crippen molar-refractivity contribution in [1.82, 2.24) is 19.4 Å². The molecule has 0 radical (unpaired) electrons. The molecule has 3 aliphatic rings. The third-order valence-electron chi connectivity index (χ3n) is 8.76. The van der Waals surface area contributed by atoms with Gasteiger partial charge in [0.15, 0.2) is 0 Å². The van der Waals surface area contributed by atoms with Crippen LogP contribution in [0.3, 0.4) is 0 Å². The average molecular weight is 503 g/mol. The molecule has 2 aromatic heterocycles. The zero-order chi connectivity index (χ0) is 25.7. The normalized spacial score (nSPS) is 21.1. The Morgan fingerprint density at radius 3 is 2.49 bits per heavy atom. The molecule has 1 N–H and O–H groups in total. The molecule has 1 aliphatic carbocycles. The second kappa shape index (κ2) is 9.17. The van der Waals surface area contributed by atoms with Crippen LogP contribution in [0.2, 0.25) is 0 Å². The summed E-state index contributed by atoms with van der Waals surface area (Å²) in [7, 11) is 3.66. The van der Waals surface area contributed by atoms with Crippen molar-refractivity contribution in [3.63, 3.8) is 0 Å². The highest BCUT2D eigenvalue weighted by Gasteiger charge is 2.55. The van der Waals surface area contributed by atoms with Gasteiger partial charge < -0.3 is 24.2 Å². The maximum Gasteiger partial charge on any atom is 0.254 e. The molecule has 2 aliphatic heterocycles. The van der Waals surface area contributed by atoms with E-state index in [0.717, 1.165) is 53.6 Å². The van der Waals surface area contributed by atoms with Crippen molar-refractivity contribution in [3.8, 4) is 5.75 Å². The number of carbonyl (C=O) groups is 2. The monoisotopic (exact) mass is 502 g/mol. The molecule has 1 spiro atoms. The van der Waals surface area contributed by atoms with Gasteiger partial charge >= 0.3 is 0 Å². The fourth-order valence-electron chi connectivity index (χ4n) is 6.94. The number of hydrogen-bond acceptors (Lipinski definition) is 5. The summed E-state index contributed by atoms with van der Waals surface area (Å²) in [5.74, 6) is 0.889. The van der Waals surface area contributed by atoms with E-state index in [2.05, 4.69) is 15.6 Å². The lowest BCUT2D eigenvalue weighted by atomic mass is 9.68. The molecular weight excluding hydrogens is 468 g/mol. The molecule has 8 heteroatoms. The molecule has 1 aromatic carbocycles. The third-order valence-corrected chi connectivity index (χ3v) is 8.76. The van der Waals surface area contributed by atoms with E-state index in [4.69, 9.17) is 4.74 Å². The summed E-state index contributed by atoms with van der Waals surface area (Å²) in [5, 5.41) is 11.7. The van der Waals surface area contributed by atoms with Crippen LogP contribution in [0.25, 0.3) is 10.9 Å². The number of aryl methyl sites for hydroxylation is 1. The summed E-state index contributed by atoms with van der Waals surface area (Å²) in [4.78, 5) is 35.0. The molecule has 3 aromatic rings. The largest absolute Gasteiger partial charge is 0.497 e. The molecule has 37 heavy (non-hydrogen) atoms. The number of hydrogen-bond donors (Lipinski definition) is 1. The number of pyridine rings is 1. The van der Waals surface area contributed by atoms with E-state index in [1.807, 2.05) is 29.0 Å². The number of methoxy groups -OCH3 is 1. The SMILES string of the molecule is COc1ccc2c3c(n(C)c2c1)[C@@H](CO)N(C(=O)C1CCCCC1)CC31CN(C(=O)c2ccncc2)C1. The summed E-state index contributed by atoms with van der Waals surface area (Å²) in [6.45, 7) is 1.42. The predicted octanol–water partition coefficient (Wildman–Crippen LogP) is 3.43. The lowest BCUT2D eigenvalue weighted by molar-refractivity contribution is -0.144. The molecule has 0 bridgehead atoms. The molecule has 2 amide bonds. The van der Waals surface area contributed by atoms with Gasteiger partial charge in [-0.1, -0.05) is 19.3 Å². The van der Waals surface area contributed by atoms with Crippen LogP contribution in [0.4, 0.5) is 0 Å². The van der Waals surface area contributed by atoms with Gasteiger partial charge in [-0.15, -0.1) is 0 Å². The van der Waals surface area contributed by atoms with Crippen LogP contribution < -0.4 is 4.74 Å². The maximum absolute atomic E-state index is 13.9. The highest BCUT2D eigenvalue weighted by Crippen LogP contribution is 2.50. The number of aromatic nitrogens is 2. The van der Waals surface area contributed by atoms with E-state index in [1.54, 1.807) is 31.6 Å². The first kappa shape index (κ1) is 24.0. The number of ether oxygens (including phenoxy) is 1. The minimum absolute atomic E-state index is 0.00538. The molecule has 1 saturated carbocycles. The number of fused-ring (bicyclic) bond motifs is 4. The Labute approximate surface area is 216 Å². The molecule has 1 atom stereocenters. The Morgan fingerprint density at radius 1 is 1.08 bits per heavy atom. The topological polar surface area (TPSA) is 87.9 Å². The highest BCUT2D eigenvalue weighted by molar-refractivity contribution is 5.96. The van der Waals surface area contributed by atoms with Gasteiger partial charge in [-0.3, -0.25) is 14.6 Å². The molecule has 194 valence electrons. The molecule has 6 rings (SSSR count). The number of carbonyl (C=O) groups excluding carboxylic acids is 2. The smallest absolute Gasteiger partial charge is 0.254 e. The lowest BCUT2D eigenvalue weighted by Crippen LogP contribution is -2.68. The fraction of sp³-hybridized carbons (Fsp3) is 0.483. The standard InChI is InChI=1S/C29H34N4O4/c1-31-23-14-21(37-2)8-9-22(23)25-26(31)24(15-34)33(28(36)19-6-4-3-5-7-19)18-29(25)16-32(17-29)27(35)20-10-12-30-13-11-20/h8-14,19,24,34H,3-7,15-18H2,1-2H3/t24-/m1/s1. The van der Waals surface area contributed by atoms with Gasteiger partial charge in [-0.2, -0.15) is 0 Å². The first-order valence-electron chi connectivity index (χ1n) is 13.2. The summed E-state index contributed by atoms with van der Waals surface area (Å²) >= 11 is 0. The molecule has 8 nitrogen and oxygen atoms in total. The molecule has 2 fully saturated rings. The first-order chi connectivity index (χ1) is 18.0. The first-order valence-corrected chi connectivity index (χ1v) is 13.2. The number of benzene rings is 1. The average Bonchev–Trinajstić information content (AvgIpc) is 3.23. The van der Waals surface area contributed by atoms with Crippen LogP contribution in [0.15, 0.2) is 42.7 Å². The van der Waals surface area contributed by atoms with Crippen molar-refractivity contribution in [1.29, 1.82) is 0 Å². The van der Waals surface area contributed by atoms with Gasteiger partial charge in [0.25, 0.3) is 5.91 Å². The molecule has 1 saturated heterocycles. The van der Waals surface area contributed by atoms with E-state index >= 15 is 0 Å². The van der Waals surface area contributed by atoms with Crippen LogP contribution in [0.5, 0.6) is 5.75 Å². The molecular formula is C29H34N4O4. The summed E-state index contributed by atoms with van der Waals surface area (Å²) in [6, 6.07) is 9.12. The van der Waals surface area contributed by atoms with Gasteiger partial charge in [0.05, 0.1) is 30.7 Å². The van der Waals surface area contributed by atoms with Crippen molar-refractivity contribution in [2.75, 3.05) is 33.4 Å². The van der Waals surface area contributed by atoms with Crippen LogP contribution in [0.1, 0.15) is 59.8 Å². The Kier molecular flexibility index (Phi) is 5.94. The van der Waals surface area contributed by atoms with E-state index in [0.29, 0.717) is 25.2 Å². The minimum Gasteiger partial charge on any atom is -0.497 e. The number of aliphatic hydroxyl groups is 1. The number of nitrogens with zero attached hydrogens (tertiary/aromatic N) is 4. The summed E-state index contributed by atoms with van der Waals surface area (Å²) < 4.78 is 7.62. The third kappa shape index (κ3) is 3.72. The van der Waals surface area contributed by atoms with Gasteiger partial charge in [-0.05, 0) is 42.7 Å². The van der Waals surface area contributed by atoms with Gasteiger partial charge in [0.2, 0.25) is 5.91 Å². The zero-order valence-corrected chi connectivity index (χ0v) is 21.5. The quantitative estimate of drug-likeness (QED) is 0.591. The lowest BCUT2D eigenvalue weighted by Gasteiger charge is -2.56. The minimum atomic E-state index is -0.414.